The van der Waals surface area contributed by atoms with Crippen molar-refractivity contribution in [1.82, 2.24) is 10.3 Å². The van der Waals surface area contributed by atoms with Gasteiger partial charge in [-0.05, 0) is 44.0 Å². The van der Waals surface area contributed by atoms with Crippen molar-refractivity contribution < 1.29 is 4.39 Å². The third-order valence-electron chi connectivity index (χ3n) is 3.06. The van der Waals surface area contributed by atoms with Crippen LogP contribution in [0.3, 0.4) is 0 Å². The fourth-order valence-electron chi connectivity index (χ4n) is 1.98. The Morgan fingerprint density at radius 3 is 2.74 bits per heavy atom. The lowest BCUT2D eigenvalue weighted by molar-refractivity contribution is 0.575. The lowest BCUT2D eigenvalue weighted by Gasteiger charge is -2.17. The van der Waals surface area contributed by atoms with E-state index in [0.29, 0.717) is 5.56 Å². The van der Waals surface area contributed by atoms with Crippen molar-refractivity contribution in [3.63, 3.8) is 0 Å². The Morgan fingerprint density at radius 2 is 2.16 bits per heavy atom. The van der Waals surface area contributed by atoms with Gasteiger partial charge in [-0.3, -0.25) is 0 Å². The Morgan fingerprint density at radius 1 is 1.37 bits per heavy atom. The van der Waals surface area contributed by atoms with Crippen molar-refractivity contribution in [2.45, 2.75) is 33.2 Å². The van der Waals surface area contributed by atoms with Crippen molar-refractivity contribution >= 4 is 11.3 Å². The number of halogens is 1. The summed E-state index contributed by atoms with van der Waals surface area (Å²) < 4.78 is 13.7. The van der Waals surface area contributed by atoms with Gasteiger partial charge in [0, 0.05) is 5.38 Å². The smallest absolute Gasteiger partial charge is 0.126 e. The van der Waals surface area contributed by atoms with Gasteiger partial charge in [0.1, 0.15) is 5.82 Å². The molecule has 19 heavy (non-hydrogen) atoms. The summed E-state index contributed by atoms with van der Waals surface area (Å²) in [5.41, 5.74) is 2.58. The molecule has 4 heteroatoms. The highest BCUT2D eigenvalue weighted by atomic mass is 32.1. The number of aromatic nitrogens is 1. The predicted molar refractivity (Wildman–Crippen MR) is 78.1 cm³/mol. The molecule has 0 saturated heterocycles. The van der Waals surface area contributed by atoms with Crippen LogP contribution in [0.5, 0.6) is 0 Å². The number of hydrogen-bond donors (Lipinski definition) is 1. The van der Waals surface area contributed by atoms with Crippen LogP contribution >= 0.6 is 11.3 Å². The molecule has 0 spiro atoms. The summed E-state index contributed by atoms with van der Waals surface area (Å²) in [5, 5.41) is 6.51. The minimum atomic E-state index is -0.159. The molecule has 1 unspecified atom stereocenters. The second kappa shape index (κ2) is 6.26. The van der Waals surface area contributed by atoms with Crippen LogP contribution in [0, 0.1) is 19.7 Å². The molecule has 1 aromatic heterocycles. The van der Waals surface area contributed by atoms with E-state index in [9.17, 15) is 4.39 Å². The first kappa shape index (κ1) is 14.2. The first-order chi connectivity index (χ1) is 9.11. The lowest BCUT2D eigenvalue weighted by atomic mass is 10.0. The topological polar surface area (TPSA) is 24.9 Å². The quantitative estimate of drug-likeness (QED) is 0.894. The van der Waals surface area contributed by atoms with Crippen LogP contribution in [0.2, 0.25) is 0 Å². The number of hydrogen-bond acceptors (Lipinski definition) is 3. The van der Waals surface area contributed by atoms with E-state index in [0.717, 1.165) is 29.2 Å². The normalized spacial score (nSPS) is 12.6. The van der Waals surface area contributed by atoms with Gasteiger partial charge in [0.2, 0.25) is 0 Å². The molecule has 2 aromatic rings. The molecule has 0 saturated carbocycles. The second-order valence-corrected chi connectivity index (χ2v) is 5.75. The Kier molecular flexibility index (Phi) is 4.66. The molecule has 0 aliphatic carbocycles. The summed E-state index contributed by atoms with van der Waals surface area (Å²) in [6, 6.07) is 5.38. The molecular formula is C15H19FN2S. The molecule has 0 fully saturated rings. The first-order valence-electron chi connectivity index (χ1n) is 6.53. The van der Waals surface area contributed by atoms with Gasteiger partial charge in [0.15, 0.2) is 0 Å². The van der Waals surface area contributed by atoms with E-state index in [1.807, 2.05) is 24.4 Å². The van der Waals surface area contributed by atoms with Gasteiger partial charge in [0.05, 0.1) is 16.7 Å². The van der Waals surface area contributed by atoms with Crippen LogP contribution in [0.1, 0.15) is 41.2 Å². The third-order valence-corrected chi connectivity index (χ3v) is 3.85. The molecule has 1 heterocycles. The van der Waals surface area contributed by atoms with E-state index in [1.54, 1.807) is 24.3 Å². The number of nitrogens with one attached hydrogen (secondary N) is 1. The lowest BCUT2D eigenvalue weighted by Crippen LogP contribution is -2.23. The Balaban J connectivity index is 2.33. The van der Waals surface area contributed by atoms with Gasteiger partial charge < -0.3 is 5.32 Å². The zero-order valence-corrected chi connectivity index (χ0v) is 12.4. The molecule has 2 rings (SSSR count). The zero-order valence-electron chi connectivity index (χ0n) is 11.5. The summed E-state index contributed by atoms with van der Waals surface area (Å²) >= 11 is 1.62. The van der Waals surface area contributed by atoms with Crippen molar-refractivity contribution in [3.05, 3.63) is 51.2 Å². The fourth-order valence-corrected chi connectivity index (χ4v) is 2.62. The third kappa shape index (κ3) is 3.39. The standard InChI is InChI=1S/C15H19FN2S/c1-4-7-17-15(14-9-19-11(3)18-14)12-6-5-10(2)13(16)8-12/h5-6,8-9,15,17H,4,7H2,1-3H3. The van der Waals surface area contributed by atoms with Crippen LogP contribution in [0.4, 0.5) is 4.39 Å². The maximum Gasteiger partial charge on any atom is 0.126 e. The van der Waals surface area contributed by atoms with Gasteiger partial charge >= 0.3 is 0 Å². The summed E-state index contributed by atoms with van der Waals surface area (Å²) in [7, 11) is 0. The summed E-state index contributed by atoms with van der Waals surface area (Å²) in [4.78, 5) is 4.53. The summed E-state index contributed by atoms with van der Waals surface area (Å²) in [5.74, 6) is -0.159. The average Bonchev–Trinajstić information content (AvgIpc) is 2.80. The van der Waals surface area contributed by atoms with E-state index < -0.39 is 0 Å². The molecular weight excluding hydrogens is 259 g/mol. The average molecular weight is 278 g/mol. The molecule has 2 nitrogen and oxygen atoms in total. The molecule has 1 N–H and O–H groups in total. The molecule has 0 aliphatic rings. The van der Waals surface area contributed by atoms with Gasteiger partial charge in [0.25, 0.3) is 0 Å². The summed E-state index contributed by atoms with van der Waals surface area (Å²) in [6.45, 7) is 6.77. The molecule has 1 atom stereocenters. The first-order valence-corrected chi connectivity index (χ1v) is 7.41. The van der Waals surface area contributed by atoms with Crippen LogP contribution in [-0.2, 0) is 0 Å². The highest BCUT2D eigenvalue weighted by molar-refractivity contribution is 7.09. The van der Waals surface area contributed by atoms with E-state index in [4.69, 9.17) is 0 Å². The minimum Gasteiger partial charge on any atom is -0.305 e. The van der Waals surface area contributed by atoms with Crippen molar-refractivity contribution in [3.8, 4) is 0 Å². The number of aryl methyl sites for hydroxylation is 2. The van der Waals surface area contributed by atoms with Gasteiger partial charge in [-0.15, -0.1) is 11.3 Å². The number of thiazole rings is 1. The molecule has 0 bridgehead atoms. The Bertz CT molecular complexity index is 551. The van der Waals surface area contributed by atoms with Crippen LogP contribution in [0.15, 0.2) is 23.6 Å². The molecule has 0 radical (unpaired) electrons. The van der Waals surface area contributed by atoms with Crippen LogP contribution in [0.25, 0.3) is 0 Å². The second-order valence-electron chi connectivity index (χ2n) is 4.69. The van der Waals surface area contributed by atoms with E-state index in [1.165, 1.54) is 0 Å². The van der Waals surface area contributed by atoms with Gasteiger partial charge in [-0.2, -0.15) is 0 Å². The monoisotopic (exact) mass is 278 g/mol. The largest absolute Gasteiger partial charge is 0.305 e. The predicted octanol–water partition coefficient (Wildman–Crippen LogP) is 3.99. The van der Waals surface area contributed by atoms with Crippen molar-refractivity contribution in [1.29, 1.82) is 0 Å². The summed E-state index contributed by atoms with van der Waals surface area (Å²) in [6.07, 6.45) is 1.04. The van der Waals surface area contributed by atoms with E-state index in [2.05, 4.69) is 17.2 Å². The van der Waals surface area contributed by atoms with Gasteiger partial charge in [-0.1, -0.05) is 19.1 Å². The minimum absolute atomic E-state index is 0.0278. The van der Waals surface area contributed by atoms with E-state index >= 15 is 0 Å². The van der Waals surface area contributed by atoms with Crippen molar-refractivity contribution in [2.24, 2.45) is 0 Å². The fraction of sp³-hybridized carbons (Fsp3) is 0.400. The Hall–Kier alpha value is -1.26. The van der Waals surface area contributed by atoms with Gasteiger partial charge in [-0.25, -0.2) is 9.37 Å². The molecule has 0 aliphatic heterocycles. The highest BCUT2D eigenvalue weighted by Gasteiger charge is 2.17. The maximum absolute atomic E-state index is 13.7. The van der Waals surface area contributed by atoms with Crippen molar-refractivity contribution in [2.75, 3.05) is 6.54 Å². The zero-order chi connectivity index (χ0) is 13.8. The molecule has 1 aromatic carbocycles. The van der Waals surface area contributed by atoms with E-state index in [-0.39, 0.29) is 11.9 Å². The number of nitrogens with zero attached hydrogens (tertiary/aromatic N) is 1. The number of benzene rings is 1. The van der Waals surface area contributed by atoms with Crippen LogP contribution < -0.4 is 5.32 Å². The Labute approximate surface area is 117 Å². The SMILES string of the molecule is CCCNC(c1ccc(C)c(F)c1)c1csc(C)n1. The number of rotatable bonds is 5. The maximum atomic E-state index is 13.7. The van der Waals surface area contributed by atoms with Crippen LogP contribution in [-0.4, -0.2) is 11.5 Å². The highest BCUT2D eigenvalue weighted by Crippen LogP contribution is 2.25. The molecule has 102 valence electrons. The molecule has 0 amide bonds.